The number of rotatable bonds is 5. The molecule has 0 unspecified atom stereocenters. The predicted octanol–water partition coefficient (Wildman–Crippen LogP) is 4.47. The van der Waals surface area contributed by atoms with Crippen molar-refractivity contribution in [1.29, 1.82) is 0 Å². The fraction of sp³-hybridized carbons (Fsp3) is 0.200. The highest BCUT2D eigenvalue weighted by Crippen LogP contribution is 2.19. The maximum atomic E-state index is 13.6. The number of pyridine rings is 1. The molecule has 0 radical (unpaired) electrons. The average molecular weight is 374 g/mol. The highest BCUT2D eigenvalue weighted by atomic mass is 19.2. The van der Waals surface area contributed by atoms with Crippen LogP contribution < -0.4 is 10.9 Å². The lowest BCUT2D eigenvalue weighted by molar-refractivity contribution is 0.101. The first kappa shape index (κ1) is 18.7. The molecular weight excluding hydrogens is 357 g/mol. The Hall–Kier alpha value is -3.09. The molecule has 0 fully saturated rings. The molecule has 27 heavy (non-hydrogen) atoms. The first-order valence-electron chi connectivity index (χ1n) is 8.50. The molecule has 4 nitrogen and oxygen atoms in total. The first-order chi connectivity index (χ1) is 12.9. The molecule has 0 spiro atoms. The Bertz CT molecular complexity index is 1060. The largest absolute Gasteiger partial charge is 0.321 e. The number of aromatic nitrogens is 1. The molecule has 0 aliphatic heterocycles. The zero-order valence-electron chi connectivity index (χ0n) is 14.6. The molecule has 3 rings (SSSR count). The quantitative estimate of drug-likeness (QED) is 0.716. The highest BCUT2D eigenvalue weighted by molar-refractivity contribution is 6.05. The van der Waals surface area contributed by atoms with Gasteiger partial charge in [-0.1, -0.05) is 13.3 Å². The third-order valence-electron chi connectivity index (χ3n) is 4.22. The summed E-state index contributed by atoms with van der Waals surface area (Å²) in [6.07, 6.45) is 1.41. The van der Waals surface area contributed by atoms with Crippen LogP contribution in [-0.4, -0.2) is 10.5 Å². The van der Waals surface area contributed by atoms with E-state index in [9.17, 15) is 22.8 Å². The number of anilines is 1. The van der Waals surface area contributed by atoms with Gasteiger partial charge in [-0.05, 0) is 54.3 Å². The van der Waals surface area contributed by atoms with Gasteiger partial charge in [-0.25, -0.2) is 13.2 Å². The van der Waals surface area contributed by atoms with Gasteiger partial charge >= 0.3 is 0 Å². The summed E-state index contributed by atoms with van der Waals surface area (Å²) < 4.78 is 41.4. The number of hydrogen-bond acceptors (Lipinski definition) is 2. The Morgan fingerprint density at radius 1 is 1.04 bits per heavy atom. The fourth-order valence-electron chi connectivity index (χ4n) is 2.80. The molecule has 2 aromatic carbocycles. The van der Waals surface area contributed by atoms with Gasteiger partial charge in [-0.2, -0.15) is 0 Å². The van der Waals surface area contributed by atoms with Gasteiger partial charge in [0.15, 0.2) is 11.6 Å². The molecule has 0 saturated heterocycles. The van der Waals surface area contributed by atoms with Crippen molar-refractivity contribution in [2.45, 2.75) is 26.3 Å². The van der Waals surface area contributed by atoms with E-state index in [4.69, 9.17) is 0 Å². The minimum Gasteiger partial charge on any atom is -0.321 e. The first-order valence-corrected chi connectivity index (χ1v) is 8.50. The van der Waals surface area contributed by atoms with Gasteiger partial charge in [0.25, 0.3) is 11.5 Å². The summed E-state index contributed by atoms with van der Waals surface area (Å²) in [4.78, 5) is 25.5. The van der Waals surface area contributed by atoms with Crippen molar-refractivity contribution in [3.8, 4) is 0 Å². The number of benzene rings is 2. The maximum absolute atomic E-state index is 13.6. The monoisotopic (exact) mass is 374 g/mol. The standard InChI is InChI=1S/C20H17F3N2O2/c1-2-3-8-25-18(19(26)24-14-6-4-13(21)5-7-14)10-12-9-16(22)17(23)11-15(12)20(25)27/h4-7,9-11H,2-3,8H2,1H3,(H,24,26). The lowest BCUT2D eigenvalue weighted by atomic mass is 10.1. The van der Waals surface area contributed by atoms with E-state index in [2.05, 4.69) is 5.32 Å². The summed E-state index contributed by atoms with van der Waals surface area (Å²) in [5.74, 6) is -3.26. The summed E-state index contributed by atoms with van der Waals surface area (Å²) >= 11 is 0. The van der Waals surface area contributed by atoms with Crippen LogP contribution in [0.4, 0.5) is 18.9 Å². The molecule has 3 aromatic rings. The third kappa shape index (κ3) is 3.86. The van der Waals surface area contributed by atoms with E-state index in [1.165, 1.54) is 34.9 Å². The van der Waals surface area contributed by atoms with Crippen molar-refractivity contribution < 1.29 is 18.0 Å². The van der Waals surface area contributed by atoms with Gasteiger partial charge in [0.05, 0.1) is 5.39 Å². The zero-order chi connectivity index (χ0) is 19.6. The molecule has 0 saturated carbocycles. The minimum atomic E-state index is -1.12. The van der Waals surface area contributed by atoms with E-state index < -0.39 is 28.9 Å². The number of fused-ring (bicyclic) bond motifs is 1. The highest BCUT2D eigenvalue weighted by Gasteiger charge is 2.17. The lowest BCUT2D eigenvalue weighted by Crippen LogP contribution is -2.29. The van der Waals surface area contributed by atoms with Crippen molar-refractivity contribution in [2.75, 3.05) is 5.32 Å². The smallest absolute Gasteiger partial charge is 0.272 e. The molecule has 0 aliphatic carbocycles. The number of hydrogen-bond donors (Lipinski definition) is 1. The SMILES string of the molecule is CCCCn1c(C(=O)Nc2ccc(F)cc2)cc2cc(F)c(F)cc2c1=O. The van der Waals surface area contributed by atoms with Gasteiger partial charge in [-0.3, -0.25) is 9.59 Å². The van der Waals surface area contributed by atoms with Crippen LogP contribution in [0.25, 0.3) is 10.8 Å². The molecule has 1 aromatic heterocycles. The molecule has 0 bridgehead atoms. The van der Waals surface area contributed by atoms with Crippen LogP contribution in [0, 0.1) is 17.5 Å². The number of amides is 1. The van der Waals surface area contributed by atoms with Crippen molar-refractivity contribution in [2.24, 2.45) is 0 Å². The number of halogens is 3. The summed E-state index contributed by atoms with van der Waals surface area (Å²) in [5, 5.41) is 2.73. The summed E-state index contributed by atoms with van der Waals surface area (Å²) in [6, 6.07) is 8.25. The fourth-order valence-corrected chi connectivity index (χ4v) is 2.80. The molecule has 140 valence electrons. The van der Waals surface area contributed by atoms with Crippen LogP contribution in [0.5, 0.6) is 0 Å². The van der Waals surface area contributed by atoms with Crippen molar-refractivity contribution in [3.05, 3.63) is 76.0 Å². The third-order valence-corrected chi connectivity index (χ3v) is 4.22. The molecule has 1 heterocycles. The van der Waals surface area contributed by atoms with Gasteiger partial charge < -0.3 is 9.88 Å². The number of nitrogens with zero attached hydrogens (tertiary/aromatic N) is 1. The zero-order valence-corrected chi connectivity index (χ0v) is 14.6. The summed E-state index contributed by atoms with van der Waals surface area (Å²) in [7, 11) is 0. The van der Waals surface area contributed by atoms with Crippen LogP contribution in [0.2, 0.25) is 0 Å². The number of unbranched alkanes of at least 4 members (excludes halogenated alkanes) is 1. The van der Waals surface area contributed by atoms with Crippen LogP contribution in [-0.2, 0) is 6.54 Å². The van der Waals surface area contributed by atoms with Crippen LogP contribution in [0.1, 0.15) is 30.3 Å². The molecule has 1 N–H and O–H groups in total. The van der Waals surface area contributed by atoms with Gasteiger partial charge in [-0.15, -0.1) is 0 Å². The molecule has 0 atom stereocenters. The van der Waals surface area contributed by atoms with Gasteiger partial charge in [0.1, 0.15) is 11.5 Å². The van der Waals surface area contributed by atoms with Gasteiger partial charge in [0, 0.05) is 12.2 Å². The van der Waals surface area contributed by atoms with E-state index in [0.717, 1.165) is 18.6 Å². The topological polar surface area (TPSA) is 51.1 Å². The van der Waals surface area contributed by atoms with E-state index in [1.54, 1.807) is 0 Å². The van der Waals surface area contributed by atoms with Crippen molar-refractivity contribution in [3.63, 3.8) is 0 Å². The van der Waals surface area contributed by atoms with E-state index in [1.807, 2.05) is 6.92 Å². The molecular formula is C20H17F3N2O2. The van der Waals surface area contributed by atoms with Crippen LogP contribution >= 0.6 is 0 Å². The predicted molar refractivity (Wildman–Crippen MR) is 97.4 cm³/mol. The number of carbonyl (C=O) groups is 1. The summed E-state index contributed by atoms with van der Waals surface area (Å²) in [6.45, 7) is 2.19. The second kappa shape index (κ2) is 7.65. The second-order valence-corrected chi connectivity index (χ2v) is 6.15. The summed E-state index contributed by atoms with van der Waals surface area (Å²) in [5.41, 5.74) is -0.193. The average Bonchev–Trinajstić information content (AvgIpc) is 2.64. The Kier molecular flexibility index (Phi) is 5.30. The Labute approximate surface area is 153 Å². The van der Waals surface area contributed by atoms with Crippen molar-refractivity contribution in [1.82, 2.24) is 4.57 Å². The van der Waals surface area contributed by atoms with Crippen molar-refractivity contribution >= 4 is 22.4 Å². The Morgan fingerprint density at radius 3 is 2.37 bits per heavy atom. The lowest BCUT2D eigenvalue weighted by Gasteiger charge is -2.14. The van der Waals surface area contributed by atoms with Crippen LogP contribution in [0.3, 0.4) is 0 Å². The Morgan fingerprint density at radius 2 is 1.70 bits per heavy atom. The number of carbonyl (C=O) groups excluding carboxylic acids is 1. The normalized spacial score (nSPS) is 11.0. The van der Waals surface area contributed by atoms with E-state index >= 15 is 0 Å². The van der Waals surface area contributed by atoms with E-state index in [0.29, 0.717) is 12.1 Å². The maximum Gasteiger partial charge on any atom is 0.272 e. The number of nitrogens with one attached hydrogen (secondary N) is 1. The van der Waals surface area contributed by atoms with Crippen LogP contribution in [0.15, 0.2) is 47.3 Å². The molecule has 0 aliphatic rings. The molecule has 7 heteroatoms. The second-order valence-electron chi connectivity index (χ2n) is 6.15. The minimum absolute atomic E-state index is 0.00309. The van der Waals surface area contributed by atoms with E-state index in [-0.39, 0.29) is 23.0 Å². The Balaban J connectivity index is 2.10. The molecule has 1 amide bonds. The van der Waals surface area contributed by atoms with Gasteiger partial charge in [0.2, 0.25) is 0 Å².